The van der Waals surface area contributed by atoms with Crippen LogP contribution in [0.2, 0.25) is 0 Å². The van der Waals surface area contributed by atoms with Crippen molar-refractivity contribution in [2.75, 3.05) is 44.0 Å². The van der Waals surface area contributed by atoms with Gasteiger partial charge in [-0.1, -0.05) is 0 Å². The minimum Gasteiger partial charge on any atom is -0.491 e. The average Bonchev–Trinajstić information content (AvgIpc) is 3.45. The Labute approximate surface area is 231 Å². The highest BCUT2D eigenvalue weighted by molar-refractivity contribution is 8.01. The molecule has 2 aromatic heterocycles. The van der Waals surface area contributed by atoms with E-state index in [9.17, 15) is 13.0 Å². The Balaban J connectivity index is 1.57. The molecule has 40 heavy (non-hydrogen) atoms. The summed E-state index contributed by atoms with van der Waals surface area (Å²) in [5, 5.41) is 3.77. The Hall–Kier alpha value is -4.03. The summed E-state index contributed by atoms with van der Waals surface area (Å²) in [6, 6.07) is 8.23. The summed E-state index contributed by atoms with van der Waals surface area (Å²) >= 11 is 0. The Bertz CT molecular complexity index is 1680. The highest BCUT2D eigenvalue weighted by atomic mass is 32.2. The van der Waals surface area contributed by atoms with Crippen LogP contribution in [0.25, 0.3) is 22.0 Å². The van der Waals surface area contributed by atoms with E-state index in [4.69, 9.17) is 14.2 Å². The molecule has 2 N–H and O–H groups in total. The number of benzene rings is 2. The van der Waals surface area contributed by atoms with Crippen molar-refractivity contribution in [3.05, 3.63) is 59.9 Å². The molecule has 9 nitrogen and oxygen atoms in total. The van der Waals surface area contributed by atoms with E-state index in [-0.39, 0.29) is 22.4 Å². The van der Waals surface area contributed by atoms with Gasteiger partial charge in [-0.2, -0.15) is 0 Å². The number of methoxy groups -OCH3 is 1. The number of fused-ring (bicyclic) bond motifs is 1. The van der Waals surface area contributed by atoms with E-state index >= 15 is 0 Å². The highest BCUT2D eigenvalue weighted by Crippen LogP contribution is 2.36. The van der Waals surface area contributed by atoms with Crippen molar-refractivity contribution in [1.29, 1.82) is 0 Å². The zero-order valence-electron chi connectivity index (χ0n) is 22.3. The molecule has 0 amide bonds. The van der Waals surface area contributed by atoms with E-state index in [0.717, 1.165) is 35.2 Å². The molecule has 3 heterocycles. The molecule has 1 fully saturated rings. The molecule has 0 radical (unpaired) electrons. The van der Waals surface area contributed by atoms with E-state index in [1.165, 1.54) is 7.11 Å². The lowest BCUT2D eigenvalue weighted by Crippen LogP contribution is -2.15. The number of halogens is 2. The first kappa shape index (κ1) is 27.5. The predicted molar refractivity (Wildman–Crippen MR) is 152 cm³/mol. The molecule has 1 aliphatic rings. The fourth-order valence-corrected chi connectivity index (χ4v) is 5.75. The van der Waals surface area contributed by atoms with Crippen LogP contribution in [0, 0.1) is 24.5 Å². The van der Waals surface area contributed by atoms with Gasteiger partial charge in [0.2, 0.25) is 11.8 Å². The molecule has 0 aliphatic carbocycles. The van der Waals surface area contributed by atoms with Gasteiger partial charge in [-0.3, -0.25) is 0 Å². The van der Waals surface area contributed by atoms with Gasteiger partial charge in [0.1, 0.15) is 28.6 Å². The third kappa shape index (κ3) is 5.63. The van der Waals surface area contributed by atoms with Gasteiger partial charge in [0.15, 0.2) is 0 Å². The Morgan fingerprint density at radius 3 is 2.70 bits per heavy atom. The minimum atomic E-state index is -3.44. The second-order valence-electron chi connectivity index (χ2n) is 9.43. The van der Waals surface area contributed by atoms with Gasteiger partial charge in [-0.25, -0.2) is 27.9 Å². The molecular formula is C28H29F2N5O4S. The van der Waals surface area contributed by atoms with Crippen molar-refractivity contribution in [3.63, 3.8) is 0 Å². The summed E-state index contributed by atoms with van der Waals surface area (Å²) in [6.07, 6.45) is 2.52. The molecule has 0 spiro atoms. The Morgan fingerprint density at radius 2 is 2.00 bits per heavy atom. The van der Waals surface area contributed by atoms with Crippen molar-refractivity contribution >= 4 is 38.1 Å². The Kier molecular flexibility index (Phi) is 7.72. The van der Waals surface area contributed by atoms with Crippen LogP contribution in [0.1, 0.15) is 12.1 Å². The summed E-state index contributed by atoms with van der Waals surface area (Å²) in [5.41, 5.74) is 2.99. The lowest BCUT2D eigenvalue weighted by Gasteiger charge is -2.18. The van der Waals surface area contributed by atoms with Crippen molar-refractivity contribution in [2.45, 2.75) is 18.2 Å². The summed E-state index contributed by atoms with van der Waals surface area (Å²) in [5.74, 6) is 3.36. The first-order valence-corrected chi connectivity index (χ1v) is 14.3. The fraction of sp³-hybridized carbons (Fsp3) is 0.286. The fourth-order valence-electron chi connectivity index (χ4n) is 4.48. The van der Waals surface area contributed by atoms with Gasteiger partial charge >= 0.3 is 0 Å². The van der Waals surface area contributed by atoms with Crippen LogP contribution in [-0.2, 0) is 14.4 Å². The highest BCUT2D eigenvalue weighted by Gasteiger charge is 2.21. The maximum atomic E-state index is 14.5. The summed E-state index contributed by atoms with van der Waals surface area (Å²) in [6.45, 7) is 3.71. The van der Waals surface area contributed by atoms with Crippen LogP contribution >= 0.6 is 0 Å². The maximum absolute atomic E-state index is 14.5. The topological polar surface area (TPSA) is 107 Å². The molecule has 1 saturated heterocycles. The van der Waals surface area contributed by atoms with E-state index in [1.54, 1.807) is 19.3 Å². The molecule has 1 aliphatic heterocycles. The van der Waals surface area contributed by atoms with Gasteiger partial charge in [0.05, 0.1) is 40.6 Å². The number of pyridine rings is 1. The van der Waals surface area contributed by atoms with Gasteiger partial charge < -0.3 is 24.2 Å². The second kappa shape index (κ2) is 11.2. The summed E-state index contributed by atoms with van der Waals surface area (Å²) < 4.78 is 61.2. The lowest BCUT2D eigenvalue weighted by atomic mass is 10.0. The number of aromatic nitrogens is 3. The molecule has 4 aromatic rings. The third-order valence-corrected chi connectivity index (χ3v) is 8.17. The normalized spacial score (nSPS) is 16.5. The number of rotatable bonds is 9. The molecule has 5 rings (SSSR count). The standard InChI is InChI=1S/C28H29F2N5O4S/c1-16-21-9-18(11-24(26(21)34-28(31-2)33-16)39-15-17-7-8-38-14-17)19-10-23(27(37-3)32-13-19)35-40(4,36)25-6-5-20(29)12-22(25)30/h5-6,9-13,17H,4,7-8,14-15H2,1-3H3,(H,35,36)(H,31,33,34). The first-order chi connectivity index (χ1) is 19.2. The molecule has 210 valence electrons. The van der Waals surface area contributed by atoms with Crippen molar-refractivity contribution in [2.24, 2.45) is 5.92 Å². The number of aryl methyl sites for hydroxylation is 1. The van der Waals surface area contributed by atoms with Crippen LogP contribution in [0.4, 0.5) is 20.4 Å². The molecule has 2 aromatic carbocycles. The van der Waals surface area contributed by atoms with E-state index in [1.807, 2.05) is 19.1 Å². The van der Waals surface area contributed by atoms with Crippen molar-refractivity contribution < 1.29 is 27.2 Å². The van der Waals surface area contributed by atoms with Gasteiger partial charge in [0, 0.05) is 42.8 Å². The van der Waals surface area contributed by atoms with Crippen LogP contribution < -0.4 is 19.5 Å². The molecule has 2 atom stereocenters. The lowest BCUT2D eigenvalue weighted by molar-refractivity contribution is 0.167. The SMILES string of the molecule is C=S(=O)(Nc1cc(-c2cc(OCC3CCOC3)c3nc(NC)nc(C)c3c2)cnc1OC)c1ccc(F)cc1F. The third-order valence-electron chi connectivity index (χ3n) is 6.58. The van der Waals surface area contributed by atoms with Gasteiger partial charge in [-0.05, 0) is 55.1 Å². The number of nitrogens with zero attached hydrogens (tertiary/aromatic N) is 3. The smallest absolute Gasteiger partial charge is 0.238 e. The largest absolute Gasteiger partial charge is 0.491 e. The van der Waals surface area contributed by atoms with Crippen LogP contribution in [0.15, 0.2) is 47.5 Å². The van der Waals surface area contributed by atoms with Crippen LogP contribution in [0.3, 0.4) is 0 Å². The van der Waals surface area contributed by atoms with Crippen LogP contribution in [-0.4, -0.2) is 59.0 Å². The monoisotopic (exact) mass is 569 g/mol. The maximum Gasteiger partial charge on any atom is 0.238 e. The zero-order chi connectivity index (χ0) is 28.4. The van der Waals surface area contributed by atoms with Crippen LogP contribution in [0.5, 0.6) is 11.6 Å². The average molecular weight is 570 g/mol. The number of ether oxygens (including phenoxy) is 3. The molecule has 0 bridgehead atoms. The number of anilines is 2. The van der Waals surface area contributed by atoms with E-state index in [2.05, 4.69) is 30.9 Å². The molecular weight excluding hydrogens is 540 g/mol. The zero-order valence-corrected chi connectivity index (χ0v) is 23.1. The summed E-state index contributed by atoms with van der Waals surface area (Å²) in [4.78, 5) is 13.3. The Morgan fingerprint density at radius 1 is 1.18 bits per heavy atom. The van der Waals surface area contributed by atoms with Gasteiger partial charge in [-0.15, -0.1) is 0 Å². The number of nitrogens with one attached hydrogen (secondary N) is 2. The van der Waals surface area contributed by atoms with Crippen molar-refractivity contribution in [1.82, 2.24) is 15.0 Å². The molecule has 12 heteroatoms. The quantitative estimate of drug-likeness (QED) is 0.276. The summed E-state index contributed by atoms with van der Waals surface area (Å²) in [7, 11) is -0.283. The van der Waals surface area contributed by atoms with E-state index in [0.29, 0.717) is 48.7 Å². The number of hydrogen-bond acceptors (Lipinski definition) is 8. The first-order valence-electron chi connectivity index (χ1n) is 12.5. The molecule has 0 saturated carbocycles. The second-order valence-corrected chi connectivity index (χ2v) is 11.4. The van der Waals surface area contributed by atoms with Crippen molar-refractivity contribution in [3.8, 4) is 22.8 Å². The van der Waals surface area contributed by atoms with Gasteiger partial charge in [0.25, 0.3) is 0 Å². The minimum absolute atomic E-state index is 0.124. The molecule has 2 unspecified atom stereocenters. The number of hydrogen-bond donors (Lipinski definition) is 2. The van der Waals surface area contributed by atoms with E-state index < -0.39 is 21.3 Å². The predicted octanol–water partition coefficient (Wildman–Crippen LogP) is 4.85.